The first-order valence-corrected chi connectivity index (χ1v) is 16.9. The molecule has 0 bridgehead atoms. The van der Waals surface area contributed by atoms with Crippen molar-refractivity contribution in [1.82, 2.24) is 0 Å². The SMILES string of the molecule is CCCCCCCCCCCCCCCCCCOC(=O)CCc1cc(C(C)(C)C)c(C(C)O)c(C(C)(C)C)c1. The van der Waals surface area contributed by atoms with E-state index in [1.165, 1.54) is 101 Å². The molecular weight excluding hydrogens is 492 g/mol. The van der Waals surface area contributed by atoms with Crippen LogP contribution in [0.4, 0.5) is 0 Å². The second kappa shape index (κ2) is 19.7. The van der Waals surface area contributed by atoms with Crippen molar-refractivity contribution < 1.29 is 14.6 Å². The number of aryl methyl sites for hydroxylation is 1. The molecule has 1 atom stereocenters. The van der Waals surface area contributed by atoms with Crippen LogP contribution in [-0.2, 0) is 26.8 Å². The predicted molar refractivity (Wildman–Crippen MR) is 173 cm³/mol. The molecule has 1 unspecified atom stereocenters. The number of aliphatic hydroxyl groups excluding tert-OH is 1. The van der Waals surface area contributed by atoms with E-state index in [1.54, 1.807) is 0 Å². The van der Waals surface area contributed by atoms with Gasteiger partial charge in [-0.1, -0.05) is 157 Å². The summed E-state index contributed by atoms with van der Waals surface area (Å²) in [6, 6.07) is 4.39. The number of ether oxygens (including phenoxy) is 1. The van der Waals surface area contributed by atoms with Crippen LogP contribution in [0.3, 0.4) is 0 Å². The Bertz CT molecular complexity index is 775. The maximum Gasteiger partial charge on any atom is 0.306 e. The van der Waals surface area contributed by atoms with Gasteiger partial charge in [0.1, 0.15) is 0 Å². The summed E-state index contributed by atoms with van der Waals surface area (Å²) in [6.07, 6.45) is 22.1. The number of carbonyl (C=O) groups is 1. The molecule has 0 saturated carbocycles. The molecule has 1 N–H and O–H groups in total. The zero-order valence-electron chi connectivity index (χ0n) is 27.9. The van der Waals surface area contributed by atoms with Gasteiger partial charge in [0.05, 0.1) is 12.7 Å². The Labute approximate surface area is 249 Å². The van der Waals surface area contributed by atoms with Crippen LogP contribution in [0.5, 0.6) is 0 Å². The first kappa shape index (κ1) is 36.7. The summed E-state index contributed by atoms with van der Waals surface area (Å²) in [5.41, 5.74) is 4.36. The van der Waals surface area contributed by atoms with Crippen LogP contribution in [0.25, 0.3) is 0 Å². The number of hydrogen-bond acceptors (Lipinski definition) is 3. The first-order valence-electron chi connectivity index (χ1n) is 16.9. The van der Waals surface area contributed by atoms with Gasteiger partial charge in [0.15, 0.2) is 0 Å². The third kappa shape index (κ3) is 15.6. The second-order valence-electron chi connectivity index (χ2n) is 14.3. The monoisotopic (exact) mass is 559 g/mol. The number of rotatable bonds is 21. The van der Waals surface area contributed by atoms with Crippen LogP contribution in [0, 0.1) is 0 Å². The van der Waals surface area contributed by atoms with Crippen LogP contribution in [0.1, 0.15) is 193 Å². The minimum absolute atomic E-state index is 0.0872. The highest BCUT2D eigenvalue weighted by Gasteiger charge is 2.28. The minimum Gasteiger partial charge on any atom is -0.466 e. The van der Waals surface area contributed by atoms with Gasteiger partial charge in [-0.25, -0.2) is 0 Å². The predicted octanol–water partition coefficient (Wildman–Crippen LogP) is 11.1. The summed E-state index contributed by atoms with van der Waals surface area (Å²) in [7, 11) is 0. The molecule has 0 saturated heterocycles. The van der Waals surface area contributed by atoms with Gasteiger partial charge in [0.25, 0.3) is 0 Å². The summed E-state index contributed by atoms with van der Waals surface area (Å²) in [6.45, 7) is 17.8. The average Bonchev–Trinajstić information content (AvgIpc) is 2.87. The van der Waals surface area contributed by atoms with E-state index in [9.17, 15) is 9.90 Å². The Morgan fingerprint density at radius 2 is 1.07 bits per heavy atom. The maximum atomic E-state index is 12.5. The molecule has 3 nitrogen and oxygen atoms in total. The third-order valence-electron chi connectivity index (χ3n) is 8.15. The van der Waals surface area contributed by atoms with Crippen LogP contribution >= 0.6 is 0 Å². The molecule has 0 radical (unpaired) electrons. The lowest BCUT2D eigenvalue weighted by molar-refractivity contribution is -0.143. The number of aliphatic hydroxyl groups is 1. The fourth-order valence-corrected chi connectivity index (χ4v) is 5.70. The molecule has 0 heterocycles. The number of benzene rings is 1. The van der Waals surface area contributed by atoms with Crippen LogP contribution in [0.2, 0.25) is 0 Å². The molecule has 1 aromatic carbocycles. The van der Waals surface area contributed by atoms with Gasteiger partial charge in [-0.3, -0.25) is 4.79 Å². The van der Waals surface area contributed by atoms with Crippen molar-refractivity contribution in [2.45, 2.75) is 188 Å². The van der Waals surface area contributed by atoms with Crippen LogP contribution in [-0.4, -0.2) is 17.7 Å². The molecule has 0 aliphatic carbocycles. The Balaban J connectivity index is 2.24. The Morgan fingerprint density at radius 1 is 0.700 bits per heavy atom. The number of carbonyl (C=O) groups excluding carboxylic acids is 1. The molecule has 0 spiro atoms. The standard InChI is InChI=1S/C37H66O3/c1-9-10-11-12-13-14-15-16-17-18-19-20-21-22-23-24-27-40-34(39)26-25-31-28-32(36(3,4)5)35(30(2)38)33(29-31)37(6,7)8/h28-30,38H,9-27H2,1-8H3. The van der Waals surface area contributed by atoms with Gasteiger partial charge in [0.2, 0.25) is 0 Å². The zero-order valence-corrected chi connectivity index (χ0v) is 27.9. The normalized spacial score (nSPS) is 13.0. The van der Waals surface area contributed by atoms with Crippen molar-refractivity contribution in [1.29, 1.82) is 0 Å². The molecule has 0 aliphatic heterocycles. The summed E-state index contributed by atoms with van der Waals surface area (Å²) >= 11 is 0. The average molecular weight is 559 g/mol. The Hall–Kier alpha value is -1.35. The Kier molecular flexibility index (Phi) is 18.1. The van der Waals surface area contributed by atoms with Crippen LogP contribution in [0.15, 0.2) is 12.1 Å². The summed E-state index contributed by atoms with van der Waals surface area (Å²) in [4.78, 5) is 12.5. The highest BCUT2D eigenvalue weighted by Crippen LogP contribution is 2.38. The van der Waals surface area contributed by atoms with Crippen molar-refractivity contribution in [2.24, 2.45) is 0 Å². The lowest BCUT2D eigenvalue weighted by atomic mass is 9.73. The molecule has 1 rings (SSSR count). The highest BCUT2D eigenvalue weighted by atomic mass is 16.5. The molecule has 232 valence electrons. The molecule has 0 aromatic heterocycles. The second-order valence-corrected chi connectivity index (χ2v) is 14.3. The number of esters is 1. The van der Waals surface area contributed by atoms with Crippen molar-refractivity contribution in [2.75, 3.05) is 6.61 Å². The van der Waals surface area contributed by atoms with Crippen molar-refractivity contribution in [3.63, 3.8) is 0 Å². The fraction of sp³-hybridized carbons (Fsp3) is 0.811. The molecule has 0 amide bonds. The number of unbranched alkanes of at least 4 members (excludes halogenated alkanes) is 15. The number of hydrogen-bond donors (Lipinski definition) is 1. The largest absolute Gasteiger partial charge is 0.466 e. The molecule has 40 heavy (non-hydrogen) atoms. The van der Waals surface area contributed by atoms with Gasteiger partial charge in [-0.15, -0.1) is 0 Å². The molecule has 3 heteroatoms. The highest BCUT2D eigenvalue weighted by molar-refractivity contribution is 5.69. The summed E-state index contributed by atoms with van der Waals surface area (Å²) in [5.74, 6) is -0.102. The zero-order chi connectivity index (χ0) is 30.0. The summed E-state index contributed by atoms with van der Waals surface area (Å²) in [5, 5.41) is 10.6. The molecule has 0 aliphatic rings. The molecule has 1 aromatic rings. The van der Waals surface area contributed by atoms with E-state index in [4.69, 9.17) is 4.74 Å². The van der Waals surface area contributed by atoms with Gasteiger partial charge >= 0.3 is 5.97 Å². The van der Waals surface area contributed by atoms with E-state index in [-0.39, 0.29) is 16.8 Å². The van der Waals surface area contributed by atoms with Crippen LogP contribution < -0.4 is 0 Å². The quantitative estimate of drug-likeness (QED) is 0.121. The van der Waals surface area contributed by atoms with Crippen molar-refractivity contribution >= 4 is 5.97 Å². The van der Waals surface area contributed by atoms with E-state index in [2.05, 4.69) is 60.6 Å². The maximum absolute atomic E-state index is 12.5. The topological polar surface area (TPSA) is 46.5 Å². The van der Waals surface area contributed by atoms with Gasteiger partial charge < -0.3 is 9.84 Å². The van der Waals surface area contributed by atoms with Gasteiger partial charge in [0, 0.05) is 6.42 Å². The van der Waals surface area contributed by atoms with Gasteiger partial charge in [-0.2, -0.15) is 0 Å². The van der Waals surface area contributed by atoms with E-state index < -0.39 is 6.10 Å². The Morgan fingerprint density at radius 3 is 1.43 bits per heavy atom. The smallest absolute Gasteiger partial charge is 0.306 e. The third-order valence-corrected chi connectivity index (χ3v) is 8.15. The minimum atomic E-state index is -0.526. The summed E-state index contributed by atoms with van der Waals surface area (Å²) < 4.78 is 5.56. The first-order chi connectivity index (χ1) is 18.9. The van der Waals surface area contributed by atoms with E-state index >= 15 is 0 Å². The van der Waals surface area contributed by atoms with E-state index in [0.717, 1.165) is 24.0 Å². The van der Waals surface area contributed by atoms with E-state index in [0.29, 0.717) is 19.4 Å². The van der Waals surface area contributed by atoms with Gasteiger partial charge in [-0.05, 0) is 52.8 Å². The lowest BCUT2D eigenvalue weighted by Gasteiger charge is -2.32. The van der Waals surface area contributed by atoms with Crippen molar-refractivity contribution in [3.05, 3.63) is 34.4 Å². The molecule has 0 fully saturated rings. The van der Waals surface area contributed by atoms with E-state index in [1.807, 2.05) is 6.92 Å². The fourth-order valence-electron chi connectivity index (χ4n) is 5.70. The molecular formula is C37H66O3. The lowest BCUT2D eigenvalue weighted by Crippen LogP contribution is -2.23. The van der Waals surface area contributed by atoms with Crippen molar-refractivity contribution in [3.8, 4) is 0 Å².